The van der Waals surface area contributed by atoms with Gasteiger partial charge in [-0.25, -0.2) is 0 Å². The largest absolute Gasteiger partial charge is 0.376 e. The van der Waals surface area contributed by atoms with E-state index in [-0.39, 0.29) is 0 Å². The summed E-state index contributed by atoms with van der Waals surface area (Å²) in [4.78, 5) is 2.48. The number of rotatable bonds is 3. The minimum atomic E-state index is 0.339. The van der Waals surface area contributed by atoms with E-state index in [9.17, 15) is 0 Å². The quantitative estimate of drug-likeness (QED) is 0.791. The second-order valence-electron chi connectivity index (χ2n) is 4.22. The van der Waals surface area contributed by atoms with Crippen LogP contribution in [0.15, 0.2) is 30.3 Å². The van der Waals surface area contributed by atoms with Crippen LogP contribution < -0.4 is 0 Å². The van der Waals surface area contributed by atoms with Crippen LogP contribution in [0.3, 0.4) is 0 Å². The standard InChI is InChI=1S/C13H18BrNO/c14-9-13-11-15(7-4-8-16-13)10-12-5-2-1-3-6-12/h1-3,5-6,13H,4,7-11H2. The Balaban J connectivity index is 1.93. The van der Waals surface area contributed by atoms with Gasteiger partial charge in [0, 0.05) is 31.6 Å². The maximum absolute atomic E-state index is 5.73. The van der Waals surface area contributed by atoms with Gasteiger partial charge in [0.2, 0.25) is 0 Å². The molecule has 0 radical (unpaired) electrons. The topological polar surface area (TPSA) is 12.5 Å². The van der Waals surface area contributed by atoms with Crippen LogP contribution in [0.5, 0.6) is 0 Å². The lowest BCUT2D eigenvalue weighted by atomic mass is 10.2. The first kappa shape index (κ1) is 12.1. The highest BCUT2D eigenvalue weighted by Crippen LogP contribution is 2.11. The normalized spacial score (nSPS) is 22.9. The van der Waals surface area contributed by atoms with Gasteiger partial charge >= 0.3 is 0 Å². The Morgan fingerprint density at radius 1 is 1.31 bits per heavy atom. The molecule has 88 valence electrons. The van der Waals surface area contributed by atoms with Crippen LogP contribution in [0.4, 0.5) is 0 Å². The molecular formula is C13H18BrNO. The molecule has 3 heteroatoms. The molecule has 0 spiro atoms. The molecule has 0 bridgehead atoms. The Kier molecular flexibility index (Phi) is 4.82. The zero-order chi connectivity index (χ0) is 11.2. The number of nitrogens with zero attached hydrogens (tertiary/aromatic N) is 1. The minimum absolute atomic E-state index is 0.339. The summed E-state index contributed by atoms with van der Waals surface area (Å²) < 4.78 is 5.73. The van der Waals surface area contributed by atoms with Crippen molar-refractivity contribution in [2.45, 2.75) is 19.1 Å². The number of alkyl halides is 1. The molecule has 1 fully saturated rings. The first-order valence-electron chi connectivity index (χ1n) is 5.82. The Labute approximate surface area is 106 Å². The summed E-state index contributed by atoms with van der Waals surface area (Å²) in [7, 11) is 0. The molecule has 1 aliphatic rings. The summed E-state index contributed by atoms with van der Waals surface area (Å²) in [6, 6.07) is 10.7. The van der Waals surface area contributed by atoms with Crippen molar-refractivity contribution >= 4 is 15.9 Å². The first-order chi connectivity index (χ1) is 7.88. The molecule has 1 aliphatic heterocycles. The highest BCUT2D eigenvalue weighted by Gasteiger charge is 2.17. The molecular weight excluding hydrogens is 266 g/mol. The van der Waals surface area contributed by atoms with Crippen molar-refractivity contribution in [1.29, 1.82) is 0 Å². The van der Waals surface area contributed by atoms with E-state index < -0.39 is 0 Å². The van der Waals surface area contributed by atoms with Crippen molar-refractivity contribution in [2.75, 3.05) is 25.0 Å². The van der Waals surface area contributed by atoms with Crippen LogP contribution in [-0.4, -0.2) is 36.0 Å². The van der Waals surface area contributed by atoms with E-state index in [4.69, 9.17) is 4.74 Å². The SMILES string of the molecule is BrCC1CN(Cc2ccccc2)CCCO1. The van der Waals surface area contributed by atoms with Crippen molar-refractivity contribution in [2.24, 2.45) is 0 Å². The van der Waals surface area contributed by atoms with E-state index in [0.717, 1.165) is 38.0 Å². The highest BCUT2D eigenvalue weighted by atomic mass is 79.9. The van der Waals surface area contributed by atoms with Crippen molar-refractivity contribution in [1.82, 2.24) is 4.90 Å². The molecule has 0 saturated carbocycles. The van der Waals surface area contributed by atoms with Gasteiger partial charge in [0.1, 0.15) is 0 Å². The smallest absolute Gasteiger partial charge is 0.0798 e. The van der Waals surface area contributed by atoms with Crippen LogP contribution in [-0.2, 0) is 11.3 Å². The minimum Gasteiger partial charge on any atom is -0.376 e. The van der Waals surface area contributed by atoms with Gasteiger partial charge in [0.15, 0.2) is 0 Å². The van der Waals surface area contributed by atoms with Gasteiger partial charge in [0.25, 0.3) is 0 Å². The third kappa shape index (κ3) is 3.58. The lowest BCUT2D eigenvalue weighted by molar-refractivity contribution is 0.0709. The van der Waals surface area contributed by atoms with E-state index in [0.29, 0.717) is 6.10 Å². The molecule has 16 heavy (non-hydrogen) atoms. The summed E-state index contributed by atoms with van der Waals surface area (Å²) >= 11 is 3.51. The average molecular weight is 284 g/mol. The molecule has 0 aliphatic carbocycles. The van der Waals surface area contributed by atoms with Crippen molar-refractivity contribution < 1.29 is 4.74 Å². The van der Waals surface area contributed by atoms with E-state index in [1.54, 1.807) is 0 Å². The van der Waals surface area contributed by atoms with Crippen LogP contribution in [0, 0.1) is 0 Å². The van der Waals surface area contributed by atoms with E-state index in [1.165, 1.54) is 5.56 Å². The number of benzene rings is 1. The van der Waals surface area contributed by atoms with Gasteiger partial charge in [-0.15, -0.1) is 0 Å². The van der Waals surface area contributed by atoms with Gasteiger partial charge in [-0.1, -0.05) is 46.3 Å². The van der Waals surface area contributed by atoms with Gasteiger partial charge < -0.3 is 4.74 Å². The maximum atomic E-state index is 5.73. The lowest BCUT2D eigenvalue weighted by Gasteiger charge is -2.22. The molecule has 2 nitrogen and oxygen atoms in total. The fourth-order valence-electron chi connectivity index (χ4n) is 2.05. The summed E-state index contributed by atoms with van der Waals surface area (Å²) in [6.45, 7) is 4.09. The number of halogens is 1. The Morgan fingerprint density at radius 3 is 2.88 bits per heavy atom. The molecule has 1 aromatic carbocycles. The van der Waals surface area contributed by atoms with Crippen LogP contribution in [0.1, 0.15) is 12.0 Å². The van der Waals surface area contributed by atoms with Gasteiger partial charge in [-0.05, 0) is 12.0 Å². The predicted molar refractivity (Wildman–Crippen MR) is 69.9 cm³/mol. The van der Waals surface area contributed by atoms with Crippen molar-refractivity contribution in [3.8, 4) is 0 Å². The number of hydrogen-bond donors (Lipinski definition) is 0. The summed E-state index contributed by atoms with van der Waals surface area (Å²) in [5.74, 6) is 0. The highest BCUT2D eigenvalue weighted by molar-refractivity contribution is 9.09. The second kappa shape index (κ2) is 6.38. The Bertz CT molecular complexity index is 304. The Hall–Kier alpha value is -0.380. The van der Waals surface area contributed by atoms with Gasteiger partial charge in [0.05, 0.1) is 6.10 Å². The molecule has 1 atom stereocenters. The lowest BCUT2D eigenvalue weighted by Crippen LogP contribution is -2.32. The zero-order valence-corrected chi connectivity index (χ0v) is 11.0. The molecule has 0 amide bonds. The molecule has 1 saturated heterocycles. The summed E-state index contributed by atoms with van der Waals surface area (Å²) in [5.41, 5.74) is 1.39. The Morgan fingerprint density at radius 2 is 2.12 bits per heavy atom. The number of hydrogen-bond acceptors (Lipinski definition) is 2. The fraction of sp³-hybridized carbons (Fsp3) is 0.538. The second-order valence-corrected chi connectivity index (χ2v) is 4.87. The van der Waals surface area contributed by atoms with E-state index in [1.807, 2.05) is 0 Å². The third-order valence-corrected chi connectivity index (χ3v) is 3.58. The molecule has 1 unspecified atom stereocenters. The predicted octanol–water partition coefficient (Wildman–Crippen LogP) is 2.67. The maximum Gasteiger partial charge on any atom is 0.0798 e. The van der Waals surface area contributed by atoms with Crippen LogP contribution in [0.25, 0.3) is 0 Å². The molecule has 1 aromatic rings. The zero-order valence-electron chi connectivity index (χ0n) is 9.44. The molecule has 0 N–H and O–H groups in total. The average Bonchev–Trinajstić information content (AvgIpc) is 2.55. The van der Waals surface area contributed by atoms with E-state index in [2.05, 4.69) is 51.2 Å². The van der Waals surface area contributed by atoms with Crippen molar-refractivity contribution in [3.63, 3.8) is 0 Å². The van der Waals surface area contributed by atoms with Gasteiger partial charge in [-0.2, -0.15) is 0 Å². The summed E-state index contributed by atoms with van der Waals surface area (Å²) in [6.07, 6.45) is 1.47. The van der Waals surface area contributed by atoms with Crippen LogP contribution >= 0.6 is 15.9 Å². The monoisotopic (exact) mass is 283 g/mol. The van der Waals surface area contributed by atoms with E-state index >= 15 is 0 Å². The summed E-state index contributed by atoms with van der Waals surface area (Å²) in [5, 5.41) is 0.929. The molecule has 1 heterocycles. The fourth-order valence-corrected chi connectivity index (χ4v) is 2.44. The molecule has 0 aromatic heterocycles. The number of ether oxygens (including phenoxy) is 1. The van der Waals surface area contributed by atoms with Gasteiger partial charge in [-0.3, -0.25) is 4.90 Å². The third-order valence-electron chi connectivity index (χ3n) is 2.86. The molecule has 2 rings (SSSR count). The van der Waals surface area contributed by atoms with Crippen LogP contribution in [0.2, 0.25) is 0 Å². The first-order valence-corrected chi connectivity index (χ1v) is 6.94. The van der Waals surface area contributed by atoms with Crippen molar-refractivity contribution in [3.05, 3.63) is 35.9 Å².